The van der Waals surface area contributed by atoms with Crippen molar-refractivity contribution in [2.24, 2.45) is 5.92 Å². The van der Waals surface area contributed by atoms with Gasteiger partial charge in [-0.15, -0.1) is 0 Å². The Kier molecular flexibility index (Phi) is 4.68. The SMILES string of the molecule is CCCn1cc(S(=O)(=O)N2CCC(CBr)C2)nc1C. The maximum absolute atomic E-state index is 12.5. The molecular weight excluding hydrogens is 330 g/mol. The minimum absolute atomic E-state index is 0.189. The molecule has 1 unspecified atom stereocenters. The Bertz CT molecular complexity index is 541. The highest BCUT2D eigenvalue weighted by Crippen LogP contribution is 2.25. The summed E-state index contributed by atoms with van der Waals surface area (Å²) in [5.41, 5.74) is 0. The number of sulfonamides is 1. The van der Waals surface area contributed by atoms with E-state index in [9.17, 15) is 8.42 Å². The molecule has 2 heterocycles. The minimum atomic E-state index is -3.42. The molecule has 1 aromatic heterocycles. The number of halogens is 1. The number of rotatable bonds is 5. The molecule has 1 aliphatic rings. The Morgan fingerprint density at radius 2 is 2.26 bits per heavy atom. The van der Waals surface area contributed by atoms with E-state index in [1.807, 2.05) is 11.5 Å². The lowest BCUT2D eigenvalue weighted by atomic mass is 10.2. The van der Waals surface area contributed by atoms with Crippen molar-refractivity contribution in [1.29, 1.82) is 0 Å². The van der Waals surface area contributed by atoms with Crippen LogP contribution < -0.4 is 0 Å². The number of aromatic nitrogens is 2. The monoisotopic (exact) mass is 349 g/mol. The van der Waals surface area contributed by atoms with Crippen LogP contribution >= 0.6 is 15.9 Å². The normalized spacial score (nSPS) is 21.1. The van der Waals surface area contributed by atoms with E-state index in [1.54, 1.807) is 10.5 Å². The molecular formula is C12H20BrN3O2S. The van der Waals surface area contributed by atoms with Crippen LogP contribution in [-0.2, 0) is 16.6 Å². The van der Waals surface area contributed by atoms with E-state index in [-0.39, 0.29) is 5.03 Å². The second-order valence-corrected chi connectivity index (χ2v) is 7.52. The van der Waals surface area contributed by atoms with Crippen LogP contribution in [0.25, 0.3) is 0 Å². The number of nitrogens with zero attached hydrogens (tertiary/aromatic N) is 3. The fraction of sp³-hybridized carbons (Fsp3) is 0.750. The highest BCUT2D eigenvalue weighted by Gasteiger charge is 2.33. The molecule has 7 heteroatoms. The summed E-state index contributed by atoms with van der Waals surface area (Å²) in [5, 5.41) is 1.04. The molecule has 0 aromatic carbocycles. The van der Waals surface area contributed by atoms with Crippen molar-refractivity contribution in [2.75, 3.05) is 18.4 Å². The first-order valence-electron chi connectivity index (χ1n) is 6.59. The van der Waals surface area contributed by atoms with Crippen LogP contribution in [0.15, 0.2) is 11.2 Å². The lowest BCUT2D eigenvalue weighted by molar-refractivity contribution is 0.463. The van der Waals surface area contributed by atoms with Gasteiger partial charge in [0.25, 0.3) is 10.0 Å². The van der Waals surface area contributed by atoms with Gasteiger partial charge in [-0.25, -0.2) is 13.4 Å². The summed E-state index contributed by atoms with van der Waals surface area (Å²) in [5.74, 6) is 1.17. The molecule has 1 atom stereocenters. The highest BCUT2D eigenvalue weighted by atomic mass is 79.9. The fourth-order valence-electron chi connectivity index (χ4n) is 2.34. The molecule has 108 valence electrons. The molecule has 0 amide bonds. The third-order valence-corrected chi connectivity index (χ3v) is 6.14. The quantitative estimate of drug-likeness (QED) is 0.764. The average molecular weight is 350 g/mol. The zero-order chi connectivity index (χ0) is 14.0. The number of hydrogen-bond acceptors (Lipinski definition) is 3. The van der Waals surface area contributed by atoms with Crippen molar-refractivity contribution < 1.29 is 8.42 Å². The maximum atomic E-state index is 12.5. The van der Waals surface area contributed by atoms with Crippen molar-refractivity contribution in [3.63, 3.8) is 0 Å². The Balaban J connectivity index is 2.22. The predicted octanol–water partition coefficient (Wildman–Crippen LogP) is 2.01. The molecule has 1 aromatic rings. The smallest absolute Gasteiger partial charge is 0.262 e. The number of imidazole rings is 1. The first-order valence-corrected chi connectivity index (χ1v) is 9.15. The summed E-state index contributed by atoms with van der Waals surface area (Å²) in [4.78, 5) is 4.22. The van der Waals surface area contributed by atoms with Crippen molar-refractivity contribution in [3.8, 4) is 0 Å². The van der Waals surface area contributed by atoms with Gasteiger partial charge in [-0.1, -0.05) is 22.9 Å². The molecule has 1 saturated heterocycles. The van der Waals surface area contributed by atoms with Gasteiger partial charge in [-0.3, -0.25) is 0 Å². The molecule has 5 nitrogen and oxygen atoms in total. The molecule has 0 spiro atoms. The summed E-state index contributed by atoms with van der Waals surface area (Å²) < 4.78 is 28.5. The van der Waals surface area contributed by atoms with Gasteiger partial charge in [0.05, 0.1) is 0 Å². The van der Waals surface area contributed by atoms with Gasteiger partial charge < -0.3 is 4.57 Å². The summed E-state index contributed by atoms with van der Waals surface area (Å²) in [6.07, 6.45) is 3.54. The van der Waals surface area contributed by atoms with E-state index in [0.29, 0.717) is 19.0 Å². The number of alkyl halides is 1. The summed E-state index contributed by atoms with van der Waals surface area (Å²) >= 11 is 3.42. The van der Waals surface area contributed by atoms with Gasteiger partial charge in [0.2, 0.25) is 0 Å². The van der Waals surface area contributed by atoms with E-state index < -0.39 is 10.0 Å². The van der Waals surface area contributed by atoms with Crippen molar-refractivity contribution in [2.45, 2.75) is 38.3 Å². The van der Waals surface area contributed by atoms with Crippen molar-refractivity contribution in [1.82, 2.24) is 13.9 Å². The van der Waals surface area contributed by atoms with Gasteiger partial charge in [-0.2, -0.15) is 4.31 Å². The van der Waals surface area contributed by atoms with Crippen molar-refractivity contribution in [3.05, 3.63) is 12.0 Å². The molecule has 1 fully saturated rings. The van der Waals surface area contributed by atoms with Crippen LogP contribution in [0.2, 0.25) is 0 Å². The van der Waals surface area contributed by atoms with Gasteiger partial charge in [0, 0.05) is 31.2 Å². The van der Waals surface area contributed by atoms with Gasteiger partial charge in [0.15, 0.2) is 5.03 Å². The zero-order valence-electron chi connectivity index (χ0n) is 11.3. The van der Waals surface area contributed by atoms with Gasteiger partial charge in [0.1, 0.15) is 5.82 Å². The fourth-order valence-corrected chi connectivity index (χ4v) is 4.40. The van der Waals surface area contributed by atoms with Crippen LogP contribution in [-0.4, -0.2) is 40.7 Å². The maximum Gasteiger partial charge on any atom is 0.262 e. The van der Waals surface area contributed by atoms with E-state index >= 15 is 0 Å². The van der Waals surface area contributed by atoms with E-state index in [0.717, 1.165) is 30.5 Å². The van der Waals surface area contributed by atoms with Crippen LogP contribution in [0, 0.1) is 12.8 Å². The molecule has 2 rings (SSSR count). The van der Waals surface area contributed by atoms with Gasteiger partial charge in [-0.05, 0) is 25.7 Å². The minimum Gasteiger partial charge on any atom is -0.334 e. The predicted molar refractivity (Wildman–Crippen MR) is 77.9 cm³/mol. The summed E-state index contributed by atoms with van der Waals surface area (Å²) in [6.45, 7) is 5.90. The van der Waals surface area contributed by atoms with Crippen molar-refractivity contribution >= 4 is 26.0 Å². The van der Waals surface area contributed by atoms with Crippen LogP contribution in [0.4, 0.5) is 0 Å². The zero-order valence-corrected chi connectivity index (χ0v) is 13.7. The van der Waals surface area contributed by atoms with Crippen LogP contribution in [0.3, 0.4) is 0 Å². The third-order valence-electron chi connectivity index (χ3n) is 3.49. The Labute approximate surface area is 123 Å². The largest absolute Gasteiger partial charge is 0.334 e. The molecule has 0 radical (unpaired) electrons. The lowest BCUT2D eigenvalue weighted by Crippen LogP contribution is -2.29. The lowest BCUT2D eigenvalue weighted by Gasteiger charge is -2.14. The summed E-state index contributed by atoms with van der Waals surface area (Å²) in [7, 11) is -3.42. The number of hydrogen-bond donors (Lipinski definition) is 0. The second-order valence-electron chi connectivity index (χ2n) is 4.99. The number of aryl methyl sites for hydroxylation is 2. The first-order chi connectivity index (χ1) is 8.98. The molecule has 19 heavy (non-hydrogen) atoms. The van der Waals surface area contributed by atoms with E-state index in [2.05, 4.69) is 27.8 Å². The summed E-state index contributed by atoms with van der Waals surface area (Å²) in [6, 6.07) is 0. The topological polar surface area (TPSA) is 55.2 Å². The molecule has 0 N–H and O–H groups in total. The Morgan fingerprint density at radius 3 is 2.84 bits per heavy atom. The second kappa shape index (κ2) is 5.93. The van der Waals surface area contributed by atoms with E-state index in [4.69, 9.17) is 0 Å². The standard InChI is InChI=1S/C12H20BrN3O2S/c1-3-5-15-9-12(14-10(15)2)19(17,18)16-6-4-11(7-13)8-16/h9,11H,3-8H2,1-2H3. The highest BCUT2D eigenvalue weighted by molar-refractivity contribution is 9.09. The first kappa shape index (κ1) is 15.0. The average Bonchev–Trinajstić information content (AvgIpc) is 2.98. The van der Waals surface area contributed by atoms with Crippen LogP contribution in [0.5, 0.6) is 0 Å². The Hall–Kier alpha value is -0.400. The molecule has 0 saturated carbocycles. The van der Waals surface area contributed by atoms with Gasteiger partial charge >= 0.3 is 0 Å². The Morgan fingerprint density at radius 1 is 1.53 bits per heavy atom. The molecule has 0 bridgehead atoms. The third kappa shape index (κ3) is 3.03. The van der Waals surface area contributed by atoms with E-state index in [1.165, 1.54) is 0 Å². The van der Waals surface area contributed by atoms with Crippen LogP contribution in [0.1, 0.15) is 25.6 Å². The molecule has 0 aliphatic carbocycles. The molecule has 1 aliphatic heterocycles.